The highest BCUT2D eigenvalue weighted by Gasteiger charge is 2.22. The van der Waals surface area contributed by atoms with Crippen molar-refractivity contribution in [3.05, 3.63) is 12.4 Å². The summed E-state index contributed by atoms with van der Waals surface area (Å²) >= 11 is 0. The van der Waals surface area contributed by atoms with Crippen molar-refractivity contribution in [3.63, 3.8) is 0 Å². The summed E-state index contributed by atoms with van der Waals surface area (Å²) in [7, 11) is 0. The number of anilines is 1. The van der Waals surface area contributed by atoms with Crippen LogP contribution in [0.15, 0.2) is 12.4 Å². The summed E-state index contributed by atoms with van der Waals surface area (Å²) in [6, 6.07) is 0.217. The van der Waals surface area contributed by atoms with Gasteiger partial charge in [0.15, 0.2) is 11.5 Å². The average Bonchev–Trinajstić information content (AvgIpc) is 3.00. The zero-order chi connectivity index (χ0) is 11.7. The molecule has 17 heavy (non-hydrogen) atoms. The van der Waals surface area contributed by atoms with E-state index in [0.717, 1.165) is 25.3 Å². The first-order chi connectivity index (χ1) is 8.34. The maximum atomic E-state index is 5.64. The Hall–Kier alpha value is -1.76. The third kappa shape index (κ3) is 1.93. The molecule has 3 heterocycles. The number of rotatable bonds is 3. The number of nitrogens with one attached hydrogen (secondary N) is 1. The van der Waals surface area contributed by atoms with E-state index in [9.17, 15) is 0 Å². The summed E-state index contributed by atoms with van der Waals surface area (Å²) in [5, 5.41) is 14.7. The van der Waals surface area contributed by atoms with Crippen molar-refractivity contribution >= 4 is 11.5 Å². The number of ether oxygens (including phenoxy) is 1. The van der Waals surface area contributed by atoms with Crippen LogP contribution in [0.2, 0.25) is 0 Å². The molecule has 0 spiro atoms. The number of tetrazole rings is 1. The number of hydrogen-bond donors (Lipinski definition) is 1. The molecule has 0 amide bonds. The molecule has 1 N–H and O–H groups in total. The summed E-state index contributed by atoms with van der Waals surface area (Å²) in [6.07, 6.45) is 5.82. The van der Waals surface area contributed by atoms with Gasteiger partial charge < -0.3 is 10.1 Å². The van der Waals surface area contributed by atoms with Crippen LogP contribution < -0.4 is 5.32 Å². The van der Waals surface area contributed by atoms with E-state index in [4.69, 9.17) is 4.74 Å². The van der Waals surface area contributed by atoms with Crippen LogP contribution in [0.4, 0.5) is 5.82 Å². The topological polar surface area (TPSA) is 77.2 Å². The van der Waals surface area contributed by atoms with Gasteiger partial charge in [-0.25, -0.2) is 0 Å². The minimum Gasteiger partial charge on any atom is -0.376 e. The van der Waals surface area contributed by atoms with E-state index in [1.165, 1.54) is 0 Å². The zero-order valence-electron chi connectivity index (χ0n) is 9.58. The molecule has 2 aromatic heterocycles. The summed E-state index contributed by atoms with van der Waals surface area (Å²) in [5.74, 6) is 0.788. The van der Waals surface area contributed by atoms with Crippen LogP contribution in [-0.2, 0) is 4.74 Å². The van der Waals surface area contributed by atoms with Crippen molar-refractivity contribution in [2.75, 3.05) is 11.9 Å². The van der Waals surface area contributed by atoms with Crippen molar-refractivity contribution in [2.24, 2.45) is 0 Å². The van der Waals surface area contributed by atoms with E-state index < -0.39 is 0 Å². The van der Waals surface area contributed by atoms with Gasteiger partial charge in [-0.05, 0) is 30.2 Å². The van der Waals surface area contributed by atoms with Crippen LogP contribution in [0.3, 0.4) is 0 Å². The molecule has 2 atom stereocenters. The minimum atomic E-state index is 0.217. The lowest BCUT2D eigenvalue weighted by Crippen LogP contribution is -2.30. The summed E-state index contributed by atoms with van der Waals surface area (Å²) in [5.41, 5.74) is 0.634. The molecule has 1 saturated heterocycles. The molecule has 0 saturated carbocycles. The van der Waals surface area contributed by atoms with Gasteiger partial charge in [0, 0.05) is 6.61 Å². The van der Waals surface area contributed by atoms with Gasteiger partial charge in [-0.3, -0.25) is 4.98 Å². The Bertz CT molecular complexity index is 506. The van der Waals surface area contributed by atoms with E-state index in [0.29, 0.717) is 5.65 Å². The average molecular weight is 234 g/mol. The van der Waals surface area contributed by atoms with E-state index in [-0.39, 0.29) is 12.1 Å². The molecule has 7 heteroatoms. The molecule has 1 fully saturated rings. The fourth-order valence-corrected chi connectivity index (χ4v) is 2.10. The molecule has 1 aliphatic heterocycles. The Kier molecular flexibility index (Phi) is 2.60. The first kappa shape index (κ1) is 10.4. The Balaban J connectivity index is 1.81. The SMILES string of the molecule is CC(Nc1cncc2nnnn12)C1CCCO1. The number of aromatic nitrogens is 5. The molecular weight excluding hydrogens is 220 g/mol. The summed E-state index contributed by atoms with van der Waals surface area (Å²) < 4.78 is 7.27. The lowest BCUT2D eigenvalue weighted by atomic mass is 10.1. The molecule has 0 aromatic carbocycles. The van der Waals surface area contributed by atoms with Gasteiger partial charge in [0.25, 0.3) is 0 Å². The molecule has 90 valence electrons. The molecule has 2 aromatic rings. The molecule has 7 nitrogen and oxygen atoms in total. The van der Waals surface area contributed by atoms with Gasteiger partial charge >= 0.3 is 0 Å². The molecule has 0 radical (unpaired) electrons. The predicted octanol–water partition coefficient (Wildman–Crippen LogP) is 0.499. The predicted molar refractivity (Wildman–Crippen MR) is 60.6 cm³/mol. The second-order valence-electron chi connectivity index (χ2n) is 4.23. The third-order valence-corrected chi connectivity index (χ3v) is 3.01. The van der Waals surface area contributed by atoms with Gasteiger partial charge in [-0.1, -0.05) is 0 Å². The Morgan fingerprint density at radius 2 is 2.47 bits per heavy atom. The lowest BCUT2D eigenvalue weighted by molar-refractivity contribution is 0.0995. The molecular formula is C10H14N6O. The monoisotopic (exact) mass is 234 g/mol. The number of hydrogen-bond acceptors (Lipinski definition) is 6. The summed E-state index contributed by atoms with van der Waals surface area (Å²) in [4.78, 5) is 4.10. The third-order valence-electron chi connectivity index (χ3n) is 3.01. The van der Waals surface area contributed by atoms with Crippen LogP contribution >= 0.6 is 0 Å². The highest BCUT2D eigenvalue weighted by molar-refractivity contribution is 5.44. The molecule has 1 aliphatic rings. The maximum Gasteiger partial charge on any atom is 0.199 e. The van der Waals surface area contributed by atoms with E-state index in [2.05, 4.69) is 32.7 Å². The van der Waals surface area contributed by atoms with E-state index in [1.54, 1.807) is 16.9 Å². The van der Waals surface area contributed by atoms with Gasteiger partial charge in [0.1, 0.15) is 0 Å². The Morgan fingerprint density at radius 3 is 3.29 bits per heavy atom. The molecule has 0 bridgehead atoms. The number of nitrogens with zero attached hydrogens (tertiary/aromatic N) is 5. The minimum absolute atomic E-state index is 0.217. The first-order valence-corrected chi connectivity index (χ1v) is 5.75. The van der Waals surface area contributed by atoms with Crippen molar-refractivity contribution in [1.29, 1.82) is 0 Å². The normalized spacial score (nSPS) is 21.8. The standard InChI is InChI=1S/C10H14N6O/c1-7(8-3-2-4-17-8)12-9-5-11-6-10-13-14-15-16(9)10/h5-8,12H,2-4H2,1H3. The lowest BCUT2D eigenvalue weighted by Gasteiger charge is -2.20. The quantitative estimate of drug-likeness (QED) is 0.833. The highest BCUT2D eigenvalue weighted by atomic mass is 16.5. The Labute approximate surface area is 98.2 Å². The van der Waals surface area contributed by atoms with E-state index >= 15 is 0 Å². The van der Waals surface area contributed by atoms with Crippen molar-refractivity contribution in [1.82, 2.24) is 25.0 Å². The molecule has 3 rings (SSSR count). The van der Waals surface area contributed by atoms with Crippen molar-refractivity contribution in [2.45, 2.75) is 31.9 Å². The van der Waals surface area contributed by atoms with Gasteiger partial charge in [-0.15, -0.1) is 5.10 Å². The second-order valence-corrected chi connectivity index (χ2v) is 4.23. The number of fused-ring (bicyclic) bond motifs is 1. The zero-order valence-corrected chi connectivity index (χ0v) is 9.58. The van der Waals surface area contributed by atoms with Crippen LogP contribution in [0, 0.1) is 0 Å². The molecule has 0 aliphatic carbocycles. The fraction of sp³-hybridized carbons (Fsp3) is 0.600. The molecule has 2 unspecified atom stereocenters. The van der Waals surface area contributed by atoms with Gasteiger partial charge in [0.2, 0.25) is 0 Å². The van der Waals surface area contributed by atoms with Gasteiger partial charge in [-0.2, -0.15) is 4.52 Å². The van der Waals surface area contributed by atoms with Crippen LogP contribution in [0.25, 0.3) is 5.65 Å². The fourth-order valence-electron chi connectivity index (χ4n) is 2.10. The van der Waals surface area contributed by atoms with Crippen LogP contribution in [0.1, 0.15) is 19.8 Å². The van der Waals surface area contributed by atoms with Crippen LogP contribution in [-0.4, -0.2) is 43.8 Å². The largest absolute Gasteiger partial charge is 0.376 e. The second kappa shape index (κ2) is 4.25. The maximum absolute atomic E-state index is 5.64. The first-order valence-electron chi connectivity index (χ1n) is 5.75. The Morgan fingerprint density at radius 1 is 1.53 bits per heavy atom. The van der Waals surface area contributed by atoms with Crippen molar-refractivity contribution < 1.29 is 4.74 Å². The van der Waals surface area contributed by atoms with E-state index in [1.807, 2.05) is 0 Å². The highest BCUT2D eigenvalue weighted by Crippen LogP contribution is 2.18. The van der Waals surface area contributed by atoms with Crippen LogP contribution in [0.5, 0.6) is 0 Å². The summed E-state index contributed by atoms with van der Waals surface area (Å²) in [6.45, 7) is 2.95. The smallest absolute Gasteiger partial charge is 0.199 e. The van der Waals surface area contributed by atoms with Crippen molar-refractivity contribution in [3.8, 4) is 0 Å². The van der Waals surface area contributed by atoms with Gasteiger partial charge in [0.05, 0.1) is 24.5 Å².